The molecule has 0 fully saturated rings. The number of hydrogen-bond acceptors (Lipinski definition) is 3. The van der Waals surface area contributed by atoms with Gasteiger partial charge in [-0.3, -0.25) is 9.59 Å². The van der Waals surface area contributed by atoms with Crippen LogP contribution in [0.15, 0.2) is 41.0 Å². The van der Waals surface area contributed by atoms with Gasteiger partial charge in [-0.05, 0) is 24.3 Å². The number of benzene rings is 1. The molecular formula is C14H12ClFN2O3. The molecule has 0 saturated heterocycles. The van der Waals surface area contributed by atoms with E-state index in [9.17, 15) is 14.0 Å². The highest BCUT2D eigenvalue weighted by molar-refractivity contribution is 6.33. The molecule has 0 aliphatic rings. The van der Waals surface area contributed by atoms with Crippen molar-refractivity contribution in [1.82, 2.24) is 10.6 Å². The van der Waals surface area contributed by atoms with Gasteiger partial charge in [0, 0.05) is 0 Å². The molecule has 0 aliphatic carbocycles. The van der Waals surface area contributed by atoms with Crippen LogP contribution in [0.4, 0.5) is 4.39 Å². The van der Waals surface area contributed by atoms with Gasteiger partial charge in [-0.1, -0.05) is 17.7 Å². The first-order valence-corrected chi connectivity index (χ1v) is 6.47. The van der Waals surface area contributed by atoms with Crippen LogP contribution < -0.4 is 10.6 Å². The molecule has 110 valence electrons. The molecule has 21 heavy (non-hydrogen) atoms. The molecule has 2 aromatic rings. The predicted octanol–water partition coefficient (Wildman–Crippen LogP) is 2.12. The second kappa shape index (κ2) is 6.90. The van der Waals surface area contributed by atoms with Crippen molar-refractivity contribution in [2.24, 2.45) is 0 Å². The van der Waals surface area contributed by atoms with E-state index < -0.39 is 17.6 Å². The minimum atomic E-state index is -0.744. The second-order valence-corrected chi connectivity index (χ2v) is 4.54. The Labute approximate surface area is 125 Å². The molecule has 0 atom stereocenters. The average molecular weight is 311 g/mol. The van der Waals surface area contributed by atoms with Gasteiger partial charge >= 0.3 is 0 Å². The summed E-state index contributed by atoms with van der Waals surface area (Å²) in [6, 6.07) is 7.32. The van der Waals surface area contributed by atoms with Gasteiger partial charge in [0.05, 0.1) is 29.9 Å². The Bertz CT molecular complexity index is 623. The highest BCUT2D eigenvalue weighted by atomic mass is 35.5. The van der Waals surface area contributed by atoms with E-state index >= 15 is 0 Å². The molecule has 0 aliphatic heterocycles. The van der Waals surface area contributed by atoms with Gasteiger partial charge in [0.25, 0.3) is 5.91 Å². The third kappa shape index (κ3) is 4.06. The zero-order valence-corrected chi connectivity index (χ0v) is 11.6. The fraction of sp³-hybridized carbons (Fsp3) is 0.143. The van der Waals surface area contributed by atoms with E-state index in [0.29, 0.717) is 5.76 Å². The minimum Gasteiger partial charge on any atom is -0.467 e. The van der Waals surface area contributed by atoms with E-state index in [1.165, 1.54) is 18.4 Å². The van der Waals surface area contributed by atoms with Crippen molar-refractivity contribution >= 4 is 23.4 Å². The summed E-state index contributed by atoms with van der Waals surface area (Å²) in [6.45, 7) is -0.0770. The monoisotopic (exact) mass is 310 g/mol. The van der Waals surface area contributed by atoms with Crippen molar-refractivity contribution in [3.05, 3.63) is 58.8 Å². The van der Waals surface area contributed by atoms with Gasteiger partial charge in [-0.15, -0.1) is 0 Å². The maximum Gasteiger partial charge on any atom is 0.256 e. The molecule has 0 saturated carbocycles. The summed E-state index contributed by atoms with van der Waals surface area (Å²) in [5.41, 5.74) is -0.280. The lowest BCUT2D eigenvalue weighted by molar-refractivity contribution is -0.120. The van der Waals surface area contributed by atoms with Crippen LogP contribution in [-0.2, 0) is 11.3 Å². The number of carbonyl (C=O) groups excluding carboxylic acids is 2. The second-order valence-electron chi connectivity index (χ2n) is 4.14. The van der Waals surface area contributed by atoms with E-state index in [1.54, 1.807) is 12.1 Å². The van der Waals surface area contributed by atoms with Crippen molar-refractivity contribution < 1.29 is 18.4 Å². The highest BCUT2D eigenvalue weighted by Crippen LogP contribution is 2.18. The first kappa shape index (κ1) is 15.1. The maximum absolute atomic E-state index is 13.5. The largest absolute Gasteiger partial charge is 0.467 e. The van der Waals surface area contributed by atoms with E-state index in [-0.39, 0.29) is 23.7 Å². The molecule has 0 radical (unpaired) electrons. The quantitative estimate of drug-likeness (QED) is 0.888. The molecule has 2 rings (SSSR count). The van der Waals surface area contributed by atoms with Crippen LogP contribution in [0.2, 0.25) is 5.02 Å². The van der Waals surface area contributed by atoms with Crippen LogP contribution in [0.5, 0.6) is 0 Å². The van der Waals surface area contributed by atoms with Crippen molar-refractivity contribution in [2.45, 2.75) is 6.54 Å². The van der Waals surface area contributed by atoms with Gasteiger partial charge in [0.2, 0.25) is 5.91 Å². The summed E-state index contributed by atoms with van der Waals surface area (Å²) in [7, 11) is 0. The number of rotatable bonds is 5. The fourth-order valence-electron chi connectivity index (χ4n) is 1.63. The lowest BCUT2D eigenvalue weighted by Crippen LogP contribution is -2.37. The zero-order valence-electron chi connectivity index (χ0n) is 10.9. The van der Waals surface area contributed by atoms with Crippen LogP contribution in [0, 0.1) is 5.82 Å². The molecule has 0 bridgehead atoms. The first-order valence-electron chi connectivity index (χ1n) is 6.09. The summed E-state index contributed by atoms with van der Waals surface area (Å²) in [5.74, 6) is -1.32. The average Bonchev–Trinajstić information content (AvgIpc) is 2.96. The van der Waals surface area contributed by atoms with E-state index in [2.05, 4.69) is 10.6 Å². The number of halogens is 2. The number of carbonyl (C=O) groups is 2. The molecule has 1 aromatic carbocycles. The van der Waals surface area contributed by atoms with Crippen LogP contribution in [0.3, 0.4) is 0 Å². The number of furan rings is 1. The summed E-state index contributed by atoms with van der Waals surface area (Å²) < 4.78 is 18.5. The Kier molecular flexibility index (Phi) is 4.94. The Morgan fingerprint density at radius 2 is 2.00 bits per heavy atom. The van der Waals surface area contributed by atoms with Gasteiger partial charge < -0.3 is 15.1 Å². The molecule has 1 aromatic heterocycles. The summed E-state index contributed by atoms with van der Waals surface area (Å²) in [6.07, 6.45) is 1.49. The van der Waals surface area contributed by atoms with Gasteiger partial charge in [-0.25, -0.2) is 4.39 Å². The molecular weight excluding hydrogens is 299 g/mol. The Morgan fingerprint density at radius 1 is 1.19 bits per heavy atom. The van der Waals surface area contributed by atoms with Crippen molar-refractivity contribution in [2.75, 3.05) is 6.54 Å². The van der Waals surface area contributed by atoms with Crippen LogP contribution in [-0.4, -0.2) is 18.4 Å². The van der Waals surface area contributed by atoms with Gasteiger partial charge in [0.1, 0.15) is 11.6 Å². The third-order valence-electron chi connectivity index (χ3n) is 2.64. The smallest absolute Gasteiger partial charge is 0.256 e. The van der Waals surface area contributed by atoms with Crippen molar-refractivity contribution in [3.63, 3.8) is 0 Å². The molecule has 2 amide bonds. The van der Waals surface area contributed by atoms with Crippen molar-refractivity contribution in [3.8, 4) is 0 Å². The molecule has 7 heteroatoms. The molecule has 1 heterocycles. The van der Waals surface area contributed by atoms with Crippen LogP contribution in [0.25, 0.3) is 0 Å². The van der Waals surface area contributed by atoms with Gasteiger partial charge in [0.15, 0.2) is 0 Å². The van der Waals surface area contributed by atoms with Crippen molar-refractivity contribution in [1.29, 1.82) is 0 Å². The van der Waals surface area contributed by atoms with Crippen LogP contribution in [0.1, 0.15) is 16.1 Å². The third-order valence-corrected chi connectivity index (χ3v) is 2.95. The molecule has 5 nitrogen and oxygen atoms in total. The first-order chi connectivity index (χ1) is 10.1. The Hall–Kier alpha value is -2.34. The Balaban J connectivity index is 1.85. The van der Waals surface area contributed by atoms with E-state index in [1.807, 2.05) is 0 Å². The number of amides is 2. The number of hydrogen-bond donors (Lipinski definition) is 2. The van der Waals surface area contributed by atoms with E-state index in [4.69, 9.17) is 16.0 Å². The summed E-state index contributed by atoms with van der Waals surface area (Å²) in [4.78, 5) is 23.3. The topological polar surface area (TPSA) is 71.3 Å². The molecule has 0 spiro atoms. The number of nitrogens with one attached hydrogen (secondary N) is 2. The van der Waals surface area contributed by atoms with Gasteiger partial charge in [-0.2, -0.15) is 0 Å². The maximum atomic E-state index is 13.5. The lowest BCUT2D eigenvalue weighted by atomic mass is 10.2. The normalized spacial score (nSPS) is 10.2. The van der Waals surface area contributed by atoms with Crippen LogP contribution >= 0.6 is 11.6 Å². The SMILES string of the molecule is O=C(CNC(=O)c1c(F)cccc1Cl)NCc1ccco1. The molecule has 2 N–H and O–H groups in total. The standard InChI is InChI=1S/C14H12ClFN2O3/c15-10-4-1-5-11(16)13(10)14(20)18-8-12(19)17-7-9-3-2-6-21-9/h1-6H,7-8H2,(H,17,19)(H,18,20). The highest BCUT2D eigenvalue weighted by Gasteiger charge is 2.16. The Morgan fingerprint density at radius 3 is 2.67 bits per heavy atom. The predicted molar refractivity (Wildman–Crippen MR) is 74.3 cm³/mol. The van der Waals surface area contributed by atoms with E-state index in [0.717, 1.165) is 6.07 Å². The minimum absolute atomic E-state index is 0.0107. The lowest BCUT2D eigenvalue weighted by Gasteiger charge is -2.08. The summed E-state index contributed by atoms with van der Waals surface area (Å²) in [5, 5.41) is 4.84. The molecule has 0 unspecified atom stereocenters. The fourth-order valence-corrected chi connectivity index (χ4v) is 1.87. The summed E-state index contributed by atoms with van der Waals surface area (Å²) >= 11 is 5.75. The zero-order chi connectivity index (χ0) is 15.2.